The molecule has 0 spiro atoms. The maximum absolute atomic E-state index is 11.9. The number of carbonyl (C=O) groups excluding carboxylic acids is 1. The van der Waals surface area contributed by atoms with Gasteiger partial charge in [0.1, 0.15) is 0 Å². The number of amides is 1. The van der Waals surface area contributed by atoms with Gasteiger partial charge in [0.05, 0.1) is 5.56 Å². The largest absolute Gasteiger partial charge is 0.352 e. The van der Waals surface area contributed by atoms with E-state index in [1.165, 1.54) is 38.8 Å². The third kappa shape index (κ3) is 4.93. The highest BCUT2D eigenvalue weighted by molar-refractivity contribution is 5.93. The van der Waals surface area contributed by atoms with Crippen LogP contribution in [0.4, 0.5) is 0 Å². The number of nitrogens with one attached hydrogen (secondary N) is 1. The van der Waals surface area contributed by atoms with Crippen LogP contribution in [0.1, 0.15) is 48.2 Å². The zero-order chi connectivity index (χ0) is 14.2. The first kappa shape index (κ1) is 15.0. The number of hydrogen-bond donors (Lipinski definition) is 1. The van der Waals surface area contributed by atoms with Crippen molar-refractivity contribution in [3.63, 3.8) is 0 Å². The lowest BCUT2D eigenvalue weighted by Gasteiger charge is -2.19. The van der Waals surface area contributed by atoms with E-state index >= 15 is 0 Å². The first-order valence-corrected chi connectivity index (χ1v) is 7.69. The molecule has 0 aliphatic carbocycles. The van der Waals surface area contributed by atoms with E-state index in [4.69, 9.17) is 0 Å². The Morgan fingerprint density at radius 3 is 2.65 bits per heavy atom. The molecule has 1 aromatic heterocycles. The first-order valence-electron chi connectivity index (χ1n) is 7.69. The zero-order valence-electron chi connectivity index (χ0n) is 12.4. The van der Waals surface area contributed by atoms with Gasteiger partial charge in [0.25, 0.3) is 5.91 Å². The maximum atomic E-state index is 11.9. The summed E-state index contributed by atoms with van der Waals surface area (Å²) in [6.07, 6.45) is 8.04. The van der Waals surface area contributed by atoms with Gasteiger partial charge in [0.15, 0.2) is 0 Å². The molecule has 1 saturated heterocycles. The Hall–Kier alpha value is -1.42. The van der Waals surface area contributed by atoms with Crippen molar-refractivity contribution in [1.82, 2.24) is 15.2 Å². The number of likely N-dealkylation sites (tertiary alicyclic amines) is 1. The summed E-state index contributed by atoms with van der Waals surface area (Å²) >= 11 is 0. The summed E-state index contributed by atoms with van der Waals surface area (Å²) in [5, 5.41) is 2.97. The topological polar surface area (TPSA) is 45.2 Å². The molecule has 20 heavy (non-hydrogen) atoms. The predicted octanol–water partition coefficient (Wildman–Crippen LogP) is 2.39. The SMILES string of the molecule is Cc1ccc(C(=O)NCCCN2CCCCCC2)cn1. The van der Waals surface area contributed by atoms with E-state index < -0.39 is 0 Å². The van der Waals surface area contributed by atoms with Crippen LogP contribution in [0.15, 0.2) is 18.3 Å². The molecule has 2 heterocycles. The average molecular weight is 275 g/mol. The molecular weight excluding hydrogens is 250 g/mol. The van der Waals surface area contributed by atoms with Crippen molar-refractivity contribution in [1.29, 1.82) is 0 Å². The summed E-state index contributed by atoms with van der Waals surface area (Å²) in [6.45, 7) is 6.18. The van der Waals surface area contributed by atoms with Crippen LogP contribution in [0.5, 0.6) is 0 Å². The van der Waals surface area contributed by atoms with Crippen LogP contribution in [-0.4, -0.2) is 42.0 Å². The average Bonchev–Trinajstić information content (AvgIpc) is 2.73. The van der Waals surface area contributed by atoms with E-state index in [0.29, 0.717) is 5.56 Å². The number of hydrogen-bond acceptors (Lipinski definition) is 3. The van der Waals surface area contributed by atoms with E-state index in [0.717, 1.165) is 25.2 Å². The molecule has 0 bridgehead atoms. The smallest absolute Gasteiger partial charge is 0.252 e. The quantitative estimate of drug-likeness (QED) is 0.839. The molecule has 1 aromatic rings. The molecule has 0 atom stereocenters. The molecule has 0 saturated carbocycles. The van der Waals surface area contributed by atoms with Gasteiger partial charge in [0, 0.05) is 18.4 Å². The van der Waals surface area contributed by atoms with Crippen molar-refractivity contribution in [2.45, 2.75) is 39.0 Å². The fourth-order valence-electron chi connectivity index (χ4n) is 2.57. The van der Waals surface area contributed by atoms with Crippen molar-refractivity contribution >= 4 is 5.91 Å². The Morgan fingerprint density at radius 2 is 2.00 bits per heavy atom. The standard InChI is InChI=1S/C16H25N3O/c1-14-7-8-15(13-18-14)16(20)17-9-6-12-19-10-4-2-3-5-11-19/h7-8,13H,2-6,9-12H2,1H3,(H,17,20). The molecule has 1 aliphatic heterocycles. The normalized spacial score (nSPS) is 16.6. The van der Waals surface area contributed by atoms with Crippen LogP contribution in [0.25, 0.3) is 0 Å². The zero-order valence-corrected chi connectivity index (χ0v) is 12.4. The molecule has 4 nitrogen and oxygen atoms in total. The first-order chi connectivity index (χ1) is 9.75. The van der Waals surface area contributed by atoms with Crippen LogP contribution >= 0.6 is 0 Å². The van der Waals surface area contributed by atoms with Gasteiger partial charge in [-0.15, -0.1) is 0 Å². The van der Waals surface area contributed by atoms with Crippen molar-refractivity contribution < 1.29 is 4.79 Å². The van der Waals surface area contributed by atoms with Gasteiger partial charge in [-0.1, -0.05) is 12.8 Å². The van der Waals surface area contributed by atoms with E-state index in [9.17, 15) is 4.79 Å². The second kappa shape index (κ2) is 8.00. The van der Waals surface area contributed by atoms with Crippen LogP contribution in [0.3, 0.4) is 0 Å². The predicted molar refractivity (Wildman–Crippen MR) is 80.8 cm³/mol. The third-order valence-electron chi connectivity index (χ3n) is 3.81. The summed E-state index contributed by atoms with van der Waals surface area (Å²) in [4.78, 5) is 18.6. The Morgan fingerprint density at radius 1 is 1.25 bits per heavy atom. The lowest BCUT2D eigenvalue weighted by atomic mass is 10.2. The van der Waals surface area contributed by atoms with Crippen molar-refractivity contribution in [2.75, 3.05) is 26.2 Å². The molecule has 110 valence electrons. The number of pyridine rings is 1. The maximum Gasteiger partial charge on any atom is 0.252 e. The number of nitrogens with zero attached hydrogens (tertiary/aromatic N) is 2. The minimum Gasteiger partial charge on any atom is -0.352 e. The Balaban J connectivity index is 1.65. The van der Waals surface area contributed by atoms with Gasteiger partial charge in [0.2, 0.25) is 0 Å². The van der Waals surface area contributed by atoms with Crippen molar-refractivity contribution in [3.05, 3.63) is 29.6 Å². The van der Waals surface area contributed by atoms with E-state index in [1.54, 1.807) is 6.20 Å². The van der Waals surface area contributed by atoms with E-state index in [1.807, 2.05) is 19.1 Å². The second-order valence-electron chi connectivity index (χ2n) is 5.55. The fraction of sp³-hybridized carbons (Fsp3) is 0.625. The van der Waals surface area contributed by atoms with Gasteiger partial charge in [-0.05, 0) is 58.0 Å². The summed E-state index contributed by atoms with van der Waals surface area (Å²) in [5.74, 6) is -0.0200. The number of carbonyl (C=O) groups is 1. The molecule has 0 aromatic carbocycles. The highest BCUT2D eigenvalue weighted by Gasteiger charge is 2.09. The Labute approximate surface area is 121 Å². The van der Waals surface area contributed by atoms with Gasteiger partial charge < -0.3 is 10.2 Å². The summed E-state index contributed by atoms with van der Waals surface area (Å²) in [6, 6.07) is 3.69. The molecule has 2 rings (SSSR count). The number of rotatable bonds is 5. The Kier molecular flexibility index (Phi) is 5.99. The van der Waals surface area contributed by atoms with Crippen LogP contribution in [0, 0.1) is 6.92 Å². The summed E-state index contributed by atoms with van der Waals surface area (Å²) in [5.41, 5.74) is 1.58. The second-order valence-corrected chi connectivity index (χ2v) is 5.55. The minimum atomic E-state index is -0.0200. The highest BCUT2D eigenvalue weighted by atomic mass is 16.1. The number of aryl methyl sites for hydroxylation is 1. The van der Waals surface area contributed by atoms with Crippen LogP contribution in [0.2, 0.25) is 0 Å². The minimum absolute atomic E-state index is 0.0200. The molecule has 0 unspecified atom stereocenters. The van der Waals surface area contributed by atoms with Crippen LogP contribution in [-0.2, 0) is 0 Å². The van der Waals surface area contributed by atoms with E-state index in [2.05, 4.69) is 15.2 Å². The van der Waals surface area contributed by atoms with Crippen molar-refractivity contribution in [2.24, 2.45) is 0 Å². The van der Waals surface area contributed by atoms with Gasteiger partial charge in [-0.2, -0.15) is 0 Å². The molecule has 1 aliphatic rings. The van der Waals surface area contributed by atoms with Gasteiger partial charge in [-0.3, -0.25) is 9.78 Å². The molecule has 1 fully saturated rings. The lowest BCUT2D eigenvalue weighted by molar-refractivity contribution is 0.0951. The van der Waals surface area contributed by atoms with Gasteiger partial charge >= 0.3 is 0 Å². The van der Waals surface area contributed by atoms with Gasteiger partial charge in [-0.25, -0.2) is 0 Å². The highest BCUT2D eigenvalue weighted by Crippen LogP contribution is 2.09. The Bertz CT molecular complexity index is 408. The van der Waals surface area contributed by atoms with Crippen LogP contribution < -0.4 is 5.32 Å². The monoisotopic (exact) mass is 275 g/mol. The molecule has 1 amide bonds. The third-order valence-corrected chi connectivity index (χ3v) is 3.81. The van der Waals surface area contributed by atoms with E-state index in [-0.39, 0.29) is 5.91 Å². The molecule has 1 N–H and O–H groups in total. The lowest BCUT2D eigenvalue weighted by Crippen LogP contribution is -2.30. The summed E-state index contributed by atoms with van der Waals surface area (Å²) in [7, 11) is 0. The molecule has 0 radical (unpaired) electrons. The number of aromatic nitrogens is 1. The molecular formula is C16H25N3O. The van der Waals surface area contributed by atoms with Crippen molar-refractivity contribution in [3.8, 4) is 0 Å². The molecule has 4 heteroatoms. The fourth-order valence-corrected chi connectivity index (χ4v) is 2.57. The summed E-state index contributed by atoms with van der Waals surface area (Å²) < 4.78 is 0.